The Hall–Kier alpha value is -2.93. The summed E-state index contributed by atoms with van der Waals surface area (Å²) in [6.45, 7) is 4.96. The smallest absolute Gasteiger partial charge is 0.325 e. The molecule has 172 valence electrons. The molecule has 1 atom stereocenters. The second kappa shape index (κ2) is 11.1. The van der Waals surface area contributed by atoms with Crippen LogP contribution in [0.25, 0.3) is 0 Å². The van der Waals surface area contributed by atoms with Crippen molar-refractivity contribution in [1.29, 1.82) is 0 Å². The van der Waals surface area contributed by atoms with Gasteiger partial charge in [-0.25, -0.2) is 0 Å². The van der Waals surface area contributed by atoms with E-state index in [9.17, 15) is 14.4 Å². The first-order valence-corrected chi connectivity index (χ1v) is 11.2. The van der Waals surface area contributed by atoms with Gasteiger partial charge in [-0.15, -0.1) is 0 Å². The van der Waals surface area contributed by atoms with Crippen LogP contribution in [0.15, 0.2) is 41.2 Å². The number of amides is 1. The van der Waals surface area contributed by atoms with Crippen LogP contribution in [0.4, 0.5) is 0 Å². The summed E-state index contributed by atoms with van der Waals surface area (Å²) in [7, 11) is 1.52. The lowest BCUT2D eigenvalue weighted by Crippen LogP contribution is -2.38. The summed E-state index contributed by atoms with van der Waals surface area (Å²) >= 11 is 0. The predicted octanol–water partition coefficient (Wildman–Crippen LogP) is 2.76. The lowest BCUT2D eigenvalue weighted by atomic mass is 10.0. The predicted molar refractivity (Wildman–Crippen MR) is 122 cm³/mol. The van der Waals surface area contributed by atoms with E-state index < -0.39 is 11.9 Å². The molecule has 1 fully saturated rings. The molecule has 7 nitrogen and oxygen atoms in total. The van der Waals surface area contributed by atoms with E-state index in [0.29, 0.717) is 25.1 Å². The molecule has 2 heterocycles. The molecule has 3 rings (SSSR count). The molecule has 1 unspecified atom stereocenters. The Balaban J connectivity index is 1.98. The van der Waals surface area contributed by atoms with Crippen molar-refractivity contribution in [2.24, 2.45) is 0 Å². The van der Waals surface area contributed by atoms with Gasteiger partial charge in [-0.2, -0.15) is 0 Å². The van der Waals surface area contributed by atoms with Crippen molar-refractivity contribution in [3.8, 4) is 0 Å². The van der Waals surface area contributed by atoms with Crippen LogP contribution in [0.1, 0.15) is 47.1 Å². The summed E-state index contributed by atoms with van der Waals surface area (Å²) < 4.78 is 12.8. The Labute approximate surface area is 188 Å². The molecule has 1 aliphatic rings. The highest BCUT2D eigenvalue weighted by Crippen LogP contribution is 2.20. The number of pyridine rings is 1. The van der Waals surface area contributed by atoms with Gasteiger partial charge in [0.1, 0.15) is 12.1 Å². The average molecular weight is 441 g/mol. The molecule has 0 saturated carbocycles. The van der Waals surface area contributed by atoms with E-state index in [4.69, 9.17) is 9.47 Å². The Morgan fingerprint density at radius 2 is 1.97 bits per heavy atom. The molecule has 0 N–H and O–H groups in total. The van der Waals surface area contributed by atoms with Gasteiger partial charge in [-0.05, 0) is 45.1 Å². The number of likely N-dealkylation sites (N-methyl/N-ethyl adjacent to an activating group) is 1. The van der Waals surface area contributed by atoms with Crippen LogP contribution in [0.2, 0.25) is 0 Å². The van der Waals surface area contributed by atoms with Crippen LogP contribution in [0.3, 0.4) is 0 Å². The molecule has 0 spiro atoms. The van der Waals surface area contributed by atoms with Crippen molar-refractivity contribution in [1.82, 2.24) is 9.47 Å². The number of benzene rings is 1. The zero-order valence-electron chi connectivity index (χ0n) is 19.1. The largest absolute Gasteiger partial charge is 0.465 e. The molecule has 1 aromatic heterocycles. The first kappa shape index (κ1) is 23.7. The van der Waals surface area contributed by atoms with E-state index in [1.54, 1.807) is 6.92 Å². The first-order valence-electron chi connectivity index (χ1n) is 11.2. The van der Waals surface area contributed by atoms with Gasteiger partial charge in [0, 0.05) is 37.7 Å². The Morgan fingerprint density at radius 3 is 2.62 bits per heavy atom. The monoisotopic (exact) mass is 440 g/mol. The first-order chi connectivity index (χ1) is 15.4. The third-order valence-corrected chi connectivity index (χ3v) is 5.76. The van der Waals surface area contributed by atoms with E-state index in [-0.39, 0.29) is 30.2 Å². The van der Waals surface area contributed by atoms with Gasteiger partial charge in [0.15, 0.2) is 5.43 Å². The molecule has 7 heteroatoms. The third-order valence-electron chi connectivity index (χ3n) is 5.76. The standard InChI is InChI=1S/C25H32N2O5/c1-4-31-23(29)17-26(3)25(30)24-21(13-12-19-9-6-5-7-10-19)27(18(2)15-22(24)28)16-20-11-8-14-32-20/h5-7,9-10,15,20H,4,8,11-14,16-17H2,1-3H3. The minimum Gasteiger partial charge on any atom is -0.465 e. The summed E-state index contributed by atoms with van der Waals surface area (Å²) in [6, 6.07) is 11.5. The van der Waals surface area contributed by atoms with Crippen molar-refractivity contribution in [2.45, 2.75) is 52.2 Å². The Bertz CT molecular complexity index is 993. The van der Waals surface area contributed by atoms with Crippen LogP contribution >= 0.6 is 0 Å². The fourth-order valence-corrected chi connectivity index (χ4v) is 4.14. The van der Waals surface area contributed by atoms with E-state index >= 15 is 0 Å². The quantitative estimate of drug-likeness (QED) is 0.561. The lowest BCUT2D eigenvalue weighted by molar-refractivity contribution is -0.143. The second-order valence-electron chi connectivity index (χ2n) is 8.17. The number of aromatic nitrogens is 1. The minimum absolute atomic E-state index is 0.0619. The van der Waals surface area contributed by atoms with Gasteiger partial charge in [-0.3, -0.25) is 14.4 Å². The van der Waals surface area contributed by atoms with Crippen molar-refractivity contribution in [3.63, 3.8) is 0 Å². The van der Waals surface area contributed by atoms with E-state index in [1.807, 2.05) is 41.8 Å². The van der Waals surface area contributed by atoms with E-state index in [0.717, 1.165) is 30.7 Å². The van der Waals surface area contributed by atoms with Gasteiger partial charge >= 0.3 is 5.97 Å². The zero-order chi connectivity index (χ0) is 23.1. The number of nitrogens with zero attached hydrogens (tertiary/aromatic N) is 2. The summed E-state index contributed by atoms with van der Waals surface area (Å²) in [4.78, 5) is 39.5. The maximum absolute atomic E-state index is 13.3. The molecule has 32 heavy (non-hydrogen) atoms. The van der Waals surface area contributed by atoms with Gasteiger partial charge < -0.3 is 18.9 Å². The van der Waals surface area contributed by atoms with Crippen LogP contribution in [0, 0.1) is 6.92 Å². The molecule has 0 bridgehead atoms. The molecule has 2 aromatic rings. The summed E-state index contributed by atoms with van der Waals surface area (Å²) in [5, 5.41) is 0. The van der Waals surface area contributed by atoms with Crippen LogP contribution in [0.5, 0.6) is 0 Å². The number of hydrogen-bond donors (Lipinski definition) is 0. The highest BCUT2D eigenvalue weighted by Gasteiger charge is 2.26. The zero-order valence-corrected chi connectivity index (χ0v) is 19.1. The van der Waals surface area contributed by atoms with Crippen molar-refractivity contribution in [2.75, 3.05) is 26.8 Å². The maximum atomic E-state index is 13.3. The Kier molecular flexibility index (Phi) is 8.22. The Morgan fingerprint density at radius 1 is 1.22 bits per heavy atom. The fraction of sp³-hybridized carbons (Fsp3) is 0.480. The maximum Gasteiger partial charge on any atom is 0.325 e. The van der Waals surface area contributed by atoms with Gasteiger partial charge in [-0.1, -0.05) is 30.3 Å². The van der Waals surface area contributed by atoms with Gasteiger partial charge in [0.05, 0.1) is 12.7 Å². The number of hydrogen-bond acceptors (Lipinski definition) is 5. The topological polar surface area (TPSA) is 77.8 Å². The fourth-order valence-electron chi connectivity index (χ4n) is 4.14. The number of carbonyl (C=O) groups is 2. The van der Waals surface area contributed by atoms with Crippen LogP contribution < -0.4 is 5.43 Å². The van der Waals surface area contributed by atoms with Crippen molar-refractivity contribution in [3.05, 3.63) is 69.1 Å². The van der Waals surface area contributed by atoms with Gasteiger partial charge in [0.25, 0.3) is 5.91 Å². The summed E-state index contributed by atoms with van der Waals surface area (Å²) in [5.74, 6) is -0.965. The number of ether oxygens (including phenoxy) is 2. The third kappa shape index (κ3) is 5.85. The molecule has 0 aliphatic carbocycles. The average Bonchev–Trinajstić information content (AvgIpc) is 3.28. The summed E-state index contributed by atoms with van der Waals surface area (Å²) in [5.41, 5.74) is 2.42. The second-order valence-corrected chi connectivity index (χ2v) is 8.17. The van der Waals surface area contributed by atoms with E-state index in [2.05, 4.69) is 0 Å². The number of carbonyl (C=O) groups excluding carboxylic acids is 2. The van der Waals surface area contributed by atoms with Crippen LogP contribution in [-0.4, -0.2) is 54.3 Å². The normalized spacial score (nSPS) is 15.5. The molecule has 1 saturated heterocycles. The number of esters is 1. The van der Waals surface area contributed by atoms with Crippen molar-refractivity contribution >= 4 is 11.9 Å². The number of aryl methyl sites for hydroxylation is 2. The highest BCUT2D eigenvalue weighted by molar-refractivity contribution is 5.96. The van der Waals surface area contributed by atoms with Gasteiger partial charge in [0.2, 0.25) is 0 Å². The molecular formula is C25H32N2O5. The van der Waals surface area contributed by atoms with E-state index in [1.165, 1.54) is 18.0 Å². The molecule has 1 aliphatic heterocycles. The molecule has 0 radical (unpaired) electrons. The highest BCUT2D eigenvalue weighted by atomic mass is 16.5. The number of rotatable bonds is 9. The summed E-state index contributed by atoms with van der Waals surface area (Å²) in [6.07, 6.45) is 3.25. The van der Waals surface area contributed by atoms with Crippen molar-refractivity contribution < 1.29 is 19.1 Å². The lowest BCUT2D eigenvalue weighted by Gasteiger charge is -2.24. The minimum atomic E-state index is -0.499. The molecular weight excluding hydrogens is 408 g/mol. The molecule has 1 aromatic carbocycles. The SMILES string of the molecule is CCOC(=O)CN(C)C(=O)c1c(CCc2ccccc2)n(CC2CCCO2)c(C)cc1=O. The molecule has 1 amide bonds. The van der Waals surface area contributed by atoms with Crippen LogP contribution in [-0.2, 0) is 33.7 Å².